The molecule has 3 saturated heterocycles. The number of amides is 4. The molecule has 0 aromatic heterocycles. The van der Waals surface area contributed by atoms with Gasteiger partial charge in [-0.15, -0.1) is 0 Å². The van der Waals surface area contributed by atoms with Gasteiger partial charge in [-0.05, 0) is 37.0 Å². The van der Waals surface area contributed by atoms with E-state index in [-0.39, 0.29) is 49.4 Å². The third-order valence-corrected chi connectivity index (χ3v) is 6.51. The molecule has 180 valence electrons. The van der Waals surface area contributed by atoms with E-state index >= 15 is 0 Å². The van der Waals surface area contributed by atoms with Crippen molar-refractivity contribution in [2.75, 3.05) is 33.3 Å². The summed E-state index contributed by atoms with van der Waals surface area (Å²) in [5.41, 5.74) is 0.764. The fraction of sp³-hybridized carbons (Fsp3) is 0.609. The molecule has 0 radical (unpaired) electrons. The van der Waals surface area contributed by atoms with Crippen molar-refractivity contribution < 1.29 is 23.5 Å². The Morgan fingerprint density at radius 1 is 1.24 bits per heavy atom. The lowest BCUT2D eigenvalue weighted by atomic mass is 10.0. The Morgan fingerprint density at radius 2 is 2.00 bits per heavy atom. The third kappa shape index (κ3) is 4.96. The molecular weight excluding hydrogens is 429 g/mol. The van der Waals surface area contributed by atoms with E-state index in [0.717, 1.165) is 24.8 Å². The number of halogens is 1. The van der Waals surface area contributed by atoms with Crippen LogP contribution in [0.1, 0.15) is 38.2 Å². The van der Waals surface area contributed by atoms with E-state index in [1.54, 1.807) is 34.0 Å². The molecule has 33 heavy (non-hydrogen) atoms. The molecule has 3 atom stereocenters. The summed E-state index contributed by atoms with van der Waals surface area (Å²) in [4.78, 5) is 42.9. The Morgan fingerprint density at radius 3 is 2.67 bits per heavy atom. The first-order chi connectivity index (χ1) is 15.9. The summed E-state index contributed by atoms with van der Waals surface area (Å²) >= 11 is 0. The molecule has 1 aromatic carbocycles. The highest BCUT2D eigenvalue weighted by Gasteiger charge is 2.50. The van der Waals surface area contributed by atoms with Crippen molar-refractivity contribution in [2.24, 2.45) is 0 Å². The van der Waals surface area contributed by atoms with Crippen LogP contribution in [0.4, 0.5) is 9.18 Å². The van der Waals surface area contributed by atoms with Crippen molar-refractivity contribution >= 4 is 17.8 Å². The predicted octanol–water partition coefficient (Wildman–Crippen LogP) is 1.54. The Hall–Kier alpha value is -2.72. The predicted molar refractivity (Wildman–Crippen MR) is 118 cm³/mol. The average molecular weight is 462 g/mol. The smallest absolute Gasteiger partial charge is 0.334 e. The molecule has 3 aliphatic rings. The molecule has 1 N–H and O–H groups in total. The summed E-state index contributed by atoms with van der Waals surface area (Å²) in [6.07, 6.45) is 2.54. The summed E-state index contributed by atoms with van der Waals surface area (Å²) in [5.74, 6) is -0.572. The Kier molecular flexibility index (Phi) is 7.14. The Bertz CT molecular complexity index is 876. The summed E-state index contributed by atoms with van der Waals surface area (Å²) in [6, 6.07) is 4.96. The number of hydrazine groups is 1. The fourth-order valence-electron chi connectivity index (χ4n) is 4.91. The number of likely N-dealkylation sites (N-methyl/N-ethyl adjacent to an activating group) is 1. The van der Waals surface area contributed by atoms with Crippen LogP contribution < -0.4 is 5.32 Å². The molecule has 0 spiro atoms. The molecule has 3 heterocycles. The standard InChI is InChI=1S/C23H32FN5O4/c1-3-5-19-22(31)27(13-18-6-4-11-33-18)14-20-28(19)21(30)15-26(2)29(20)23(32)25-12-16-7-9-17(24)10-8-16/h7-10,18-20H,3-6,11-15H2,1-2H3,(H,25,32)/t18?,19-,20?/m0/s1. The van der Waals surface area contributed by atoms with E-state index in [9.17, 15) is 18.8 Å². The zero-order chi connectivity index (χ0) is 23.5. The van der Waals surface area contributed by atoms with Crippen molar-refractivity contribution in [2.45, 2.75) is 57.5 Å². The Balaban J connectivity index is 1.54. The van der Waals surface area contributed by atoms with Crippen molar-refractivity contribution in [3.05, 3.63) is 35.6 Å². The van der Waals surface area contributed by atoms with Crippen molar-refractivity contribution in [1.82, 2.24) is 25.1 Å². The van der Waals surface area contributed by atoms with Gasteiger partial charge in [-0.2, -0.15) is 0 Å². The maximum Gasteiger partial charge on any atom is 0.334 e. The second-order valence-corrected chi connectivity index (χ2v) is 8.91. The lowest BCUT2D eigenvalue weighted by molar-refractivity contribution is -0.188. The Labute approximate surface area is 193 Å². The van der Waals surface area contributed by atoms with Gasteiger partial charge in [0.2, 0.25) is 11.8 Å². The number of nitrogens with zero attached hydrogens (tertiary/aromatic N) is 4. The van der Waals surface area contributed by atoms with Crippen LogP contribution >= 0.6 is 0 Å². The topological polar surface area (TPSA) is 85.4 Å². The number of ether oxygens (including phenoxy) is 1. The molecule has 0 saturated carbocycles. The number of benzene rings is 1. The van der Waals surface area contributed by atoms with Gasteiger partial charge in [0.25, 0.3) is 0 Å². The van der Waals surface area contributed by atoms with Crippen LogP contribution in [0.5, 0.6) is 0 Å². The van der Waals surface area contributed by atoms with Crippen LogP contribution in [-0.2, 0) is 20.9 Å². The lowest BCUT2D eigenvalue weighted by Gasteiger charge is -2.54. The summed E-state index contributed by atoms with van der Waals surface area (Å²) in [5, 5.41) is 6.00. The number of fused-ring (bicyclic) bond motifs is 1. The number of urea groups is 1. The molecule has 4 amide bonds. The molecule has 2 unspecified atom stereocenters. The van der Waals surface area contributed by atoms with Crippen LogP contribution in [0.2, 0.25) is 0 Å². The molecule has 4 rings (SSSR count). The van der Waals surface area contributed by atoms with E-state index < -0.39 is 12.2 Å². The number of carbonyl (C=O) groups is 3. The highest BCUT2D eigenvalue weighted by Crippen LogP contribution is 2.29. The van der Waals surface area contributed by atoms with Gasteiger partial charge in [-0.1, -0.05) is 25.5 Å². The zero-order valence-corrected chi connectivity index (χ0v) is 19.2. The monoisotopic (exact) mass is 461 g/mol. The fourth-order valence-corrected chi connectivity index (χ4v) is 4.91. The largest absolute Gasteiger partial charge is 0.376 e. The number of rotatable bonds is 6. The molecule has 9 nitrogen and oxygen atoms in total. The van der Waals surface area contributed by atoms with Crippen LogP contribution in [0.3, 0.4) is 0 Å². The first-order valence-corrected chi connectivity index (χ1v) is 11.6. The number of hydrogen-bond donors (Lipinski definition) is 1. The van der Waals surface area contributed by atoms with Gasteiger partial charge in [0.15, 0.2) is 0 Å². The minimum absolute atomic E-state index is 0.0134. The van der Waals surface area contributed by atoms with Crippen LogP contribution in [0.15, 0.2) is 24.3 Å². The second kappa shape index (κ2) is 10.0. The summed E-state index contributed by atoms with van der Waals surface area (Å²) in [6.45, 7) is 3.61. The number of piperazine rings is 1. The second-order valence-electron chi connectivity index (χ2n) is 8.91. The molecular formula is C23H32FN5O4. The zero-order valence-electron chi connectivity index (χ0n) is 19.2. The van der Waals surface area contributed by atoms with Gasteiger partial charge < -0.3 is 19.9 Å². The number of hydrogen-bond acceptors (Lipinski definition) is 5. The van der Waals surface area contributed by atoms with Gasteiger partial charge in [0.1, 0.15) is 18.0 Å². The number of carbonyl (C=O) groups excluding carboxylic acids is 3. The van der Waals surface area contributed by atoms with E-state index in [1.165, 1.54) is 17.1 Å². The van der Waals surface area contributed by atoms with Crippen molar-refractivity contribution in [1.29, 1.82) is 0 Å². The van der Waals surface area contributed by atoms with E-state index in [2.05, 4.69) is 5.32 Å². The van der Waals surface area contributed by atoms with Crippen LogP contribution in [-0.4, -0.2) is 89.3 Å². The van der Waals surface area contributed by atoms with E-state index in [0.29, 0.717) is 19.6 Å². The average Bonchev–Trinajstić information content (AvgIpc) is 3.29. The minimum atomic E-state index is -0.597. The first kappa shape index (κ1) is 23.4. The molecule has 10 heteroatoms. The van der Waals surface area contributed by atoms with Crippen LogP contribution in [0.25, 0.3) is 0 Å². The summed E-state index contributed by atoms with van der Waals surface area (Å²) in [7, 11) is 1.70. The van der Waals surface area contributed by atoms with E-state index in [1.807, 2.05) is 6.92 Å². The number of nitrogens with one attached hydrogen (secondary N) is 1. The SMILES string of the molecule is CCC[C@H]1C(=O)N(CC2CCCO2)CC2N1C(=O)CN(C)N2C(=O)NCc1ccc(F)cc1. The molecule has 3 fully saturated rings. The van der Waals surface area contributed by atoms with Crippen molar-refractivity contribution in [3.8, 4) is 0 Å². The highest BCUT2D eigenvalue weighted by molar-refractivity contribution is 5.91. The maximum absolute atomic E-state index is 13.3. The lowest BCUT2D eigenvalue weighted by Crippen LogP contribution is -2.76. The van der Waals surface area contributed by atoms with Crippen LogP contribution in [0, 0.1) is 5.82 Å². The minimum Gasteiger partial charge on any atom is -0.376 e. The normalized spacial score (nSPS) is 26.0. The van der Waals surface area contributed by atoms with Gasteiger partial charge in [-0.25, -0.2) is 19.2 Å². The molecule has 1 aromatic rings. The molecule has 3 aliphatic heterocycles. The first-order valence-electron chi connectivity index (χ1n) is 11.6. The molecule has 0 aliphatic carbocycles. The van der Waals surface area contributed by atoms with Gasteiger partial charge in [0, 0.05) is 26.7 Å². The quantitative estimate of drug-likeness (QED) is 0.695. The maximum atomic E-state index is 13.3. The van der Waals surface area contributed by atoms with Crippen molar-refractivity contribution in [3.63, 3.8) is 0 Å². The van der Waals surface area contributed by atoms with Gasteiger partial charge in [-0.3, -0.25) is 9.59 Å². The third-order valence-electron chi connectivity index (χ3n) is 6.51. The highest BCUT2D eigenvalue weighted by atomic mass is 19.1. The summed E-state index contributed by atoms with van der Waals surface area (Å²) < 4.78 is 18.9. The van der Waals surface area contributed by atoms with Gasteiger partial charge in [0.05, 0.1) is 19.2 Å². The van der Waals surface area contributed by atoms with E-state index in [4.69, 9.17) is 4.74 Å². The van der Waals surface area contributed by atoms with Gasteiger partial charge >= 0.3 is 6.03 Å². The molecule has 0 bridgehead atoms.